The fourth-order valence-corrected chi connectivity index (χ4v) is 2.88. The average molecular weight is 358 g/mol. The van der Waals surface area contributed by atoms with E-state index in [9.17, 15) is 13.2 Å². The number of benzene rings is 2. The Morgan fingerprint density at radius 3 is 2.50 bits per heavy atom. The zero-order valence-corrected chi connectivity index (χ0v) is 13.4. The van der Waals surface area contributed by atoms with Crippen molar-refractivity contribution in [3.8, 4) is 5.75 Å². The van der Waals surface area contributed by atoms with Gasteiger partial charge in [0.2, 0.25) is 5.95 Å². The van der Waals surface area contributed by atoms with Gasteiger partial charge in [-0.2, -0.15) is 0 Å². The summed E-state index contributed by atoms with van der Waals surface area (Å²) in [6.45, 7) is 0. The molecule has 0 bridgehead atoms. The molecular formula is C18H13F3N4O. The molecule has 2 heterocycles. The number of ether oxygens (including phenoxy) is 1. The van der Waals surface area contributed by atoms with Crippen LogP contribution in [0.4, 0.5) is 19.1 Å². The number of alkyl halides is 3. The zero-order valence-electron chi connectivity index (χ0n) is 13.4. The molecule has 0 atom stereocenters. The smallest absolute Gasteiger partial charge is 0.403 e. The zero-order chi connectivity index (χ0) is 18.3. The van der Waals surface area contributed by atoms with Crippen LogP contribution in [0.2, 0.25) is 0 Å². The third-order valence-electron chi connectivity index (χ3n) is 3.92. The molecule has 26 heavy (non-hydrogen) atoms. The summed E-state index contributed by atoms with van der Waals surface area (Å²) in [4.78, 5) is 8.62. The van der Waals surface area contributed by atoms with Gasteiger partial charge in [0.15, 0.2) is 5.75 Å². The number of hydrogen-bond donors (Lipinski definition) is 1. The number of nitrogens with two attached hydrogens (primary N) is 1. The SMILES string of the molecule is Nc1nc2c(OC(F)(F)F)cccc2c2nc(Cc3ccccc3)cn12. The summed E-state index contributed by atoms with van der Waals surface area (Å²) in [5.41, 5.74) is 8.19. The van der Waals surface area contributed by atoms with Gasteiger partial charge in [-0.3, -0.25) is 4.40 Å². The van der Waals surface area contributed by atoms with Gasteiger partial charge in [0, 0.05) is 18.0 Å². The number of imidazole rings is 1. The number of rotatable bonds is 3. The van der Waals surface area contributed by atoms with Crippen LogP contribution in [0.15, 0.2) is 54.7 Å². The number of aromatic nitrogens is 3. The molecule has 4 rings (SSSR count). The number of nitrogen functional groups attached to an aromatic ring is 1. The maximum atomic E-state index is 12.6. The van der Waals surface area contributed by atoms with Crippen molar-refractivity contribution < 1.29 is 17.9 Å². The Labute approximate surface area is 145 Å². The van der Waals surface area contributed by atoms with Crippen molar-refractivity contribution in [3.63, 3.8) is 0 Å². The van der Waals surface area contributed by atoms with Crippen LogP contribution >= 0.6 is 0 Å². The molecule has 0 aliphatic rings. The van der Waals surface area contributed by atoms with Crippen LogP contribution in [0.25, 0.3) is 16.6 Å². The van der Waals surface area contributed by atoms with E-state index in [0.29, 0.717) is 17.5 Å². The molecule has 0 saturated carbocycles. The molecule has 0 aliphatic heterocycles. The molecule has 0 radical (unpaired) electrons. The molecule has 4 aromatic rings. The van der Waals surface area contributed by atoms with Gasteiger partial charge in [0.25, 0.3) is 0 Å². The lowest BCUT2D eigenvalue weighted by Crippen LogP contribution is -2.17. The van der Waals surface area contributed by atoms with E-state index >= 15 is 0 Å². The van der Waals surface area contributed by atoms with E-state index in [1.165, 1.54) is 12.1 Å². The lowest BCUT2D eigenvalue weighted by molar-refractivity contribution is -0.274. The Hall–Kier alpha value is -3.29. The van der Waals surface area contributed by atoms with Crippen LogP contribution in [0.5, 0.6) is 5.75 Å². The highest BCUT2D eigenvalue weighted by Gasteiger charge is 2.32. The Balaban J connectivity index is 1.86. The third-order valence-corrected chi connectivity index (χ3v) is 3.92. The fourth-order valence-electron chi connectivity index (χ4n) is 2.88. The lowest BCUT2D eigenvalue weighted by atomic mass is 10.1. The van der Waals surface area contributed by atoms with Crippen molar-refractivity contribution in [2.24, 2.45) is 0 Å². The number of halogens is 3. The monoisotopic (exact) mass is 358 g/mol. The summed E-state index contributed by atoms with van der Waals surface area (Å²) in [5.74, 6) is -0.366. The normalized spacial score (nSPS) is 12.0. The quantitative estimate of drug-likeness (QED) is 0.602. The van der Waals surface area contributed by atoms with Gasteiger partial charge in [-0.05, 0) is 17.7 Å². The minimum Gasteiger partial charge on any atom is -0.403 e. The first-order valence-electron chi connectivity index (χ1n) is 7.76. The second kappa shape index (κ2) is 5.91. The van der Waals surface area contributed by atoms with E-state index in [0.717, 1.165) is 11.3 Å². The van der Waals surface area contributed by atoms with E-state index < -0.39 is 12.1 Å². The fraction of sp³-hybridized carbons (Fsp3) is 0.111. The summed E-state index contributed by atoms with van der Waals surface area (Å²) in [6.07, 6.45) is -2.51. The van der Waals surface area contributed by atoms with E-state index in [-0.39, 0.29) is 11.5 Å². The summed E-state index contributed by atoms with van der Waals surface area (Å²) in [7, 11) is 0. The molecule has 0 aliphatic carbocycles. The molecule has 2 N–H and O–H groups in total. The molecule has 5 nitrogen and oxygen atoms in total. The number of nitrogens with zero attached hydrogens (tertiary/aromatic N) is 3. The molecule has 0 saturated heterocycles. The van der Waals surface area contributed by atoms with Crippen LogP contribution in [0.1, 0.15) is 11.3 Å². The highest BCUT2D eigenvalue weighted by molar-refractivity contribution is 5.96. The molecule has 0 unspecified atom stereocenters. The molecule has 8 heteroatoms. The summed E-state index contributed by atoms with van der Waals surface area (Å²) in [5, 5.41) is 0.431. The predicted octanol–water partition coefficient (Wildman–Crippen LogP) is 3.95. The second-order valence-electron chi connectivity index (χ2n) is 5.76. The van der Waals surface area contributed by atoms with Crippen molar-refractivity contribution in [1.29, 1.82) is 0 Å². The molecule has 0 amide bonds. The Bertz CT molecular complexity index is 1090. The van der Waals surface area contributed by atoms with Gasteiger partial charge in [-0.1, -0.05) is 36.4 Å². The standard InChI is InChI=1S/C18H13F3N4O/c19-18(20,21)26-14-8-4-7-13-15(14)24-17(22)25-10-12(23-16(13)25)9-11-5-2-1-3-6-11/h1-8,10H,9H2,(H2,22,24). The van der Waals surface area contributed by atoms with Crippen LogP contribution in [0, 0.1) is 0 Å². The average Bonchev–Trinajstić information content (AvgIpc) is 3.00. The van der Waals surface area contributed by atoms with Crippen molar-refractivity contribution >= 4 is 22.5 Å². The Morgan fingerprint density at radius 2 is 1.77 bits per heavy atom. The number of hydrogen-bond acceptors (Lipinski definition) is 4. The van der Waals surface area contributed by atoms with E-state index in [1.54, 1.807) is 16.7 Å². The Kier molecular flexibility index (Phi) is 3.68. The number of fused-ring (bicyclic) bond motifs is 3. The summed E-state index contributed by atoms with van der Waals surface area (Å²) < 4.78 is 43.5. The molecular weight excluding hydrogens is 345 g/mol. The molecule has 0 spiro atoms. The number of para-hydroxylation sites is 1. The van der Waals surface area contributed by atoms with Gasteiger partial charge < -0.3 is 10.5 Å². The first-order chi connectivity index (χ1) is 12.4. The maximum Gasteiger partial charge on any atom is 0.573 e. The highest BCUT2D eigenvalue weighted by atomic mass is 19.4. The molecule has 2 aromatic carbocycles. The molecule has 0 fully saturated rings. The number of anilines is 1. The van der Waals surface area contributed by atoms with Gasteiger partial charge in [-0.15, -0.1) is 13.2 Å². The maximum absolute atomic E-state index is 12.6. The third kappa shape index (κ3) is 3.01. The van der Waals surface area contributed by atoms with Crippen LogP contribution in [-0.2, 0) is 6.42 Å². The van der Waals surface area contributed by atoms with Crippen LogP contribution in [0.3, 0.4) is 0 Å². The first kappa shape index (κ1) is 16.2. The van der Waals surface area contributed by atoms with Crippen LogP contribution < -0.4 is 10.5 Å². The minimum atomic E-state index is -4.81. The minimum absolute atomic E-state index is 0.0201. The van der Waals surface area contributed by atoms with E-state index in [1.807, 2.05) is 30.3 Å². The summed E-state index contributed by atoms with van der Waals surface area (Å²) in [6, 6.07) is 14.0. The lowest BCUT2D eigenvalue weighted by Gasteiger charge is -2.11. The molecule has 2 aromatic heterocycles. The van der Waals surface area contributed by atoms with Crippen molar-refractivity contribution in [3.05, 3.63) is 66.0 Å². The van der Waals surface area contributed by atoms with Crippen LogP contribution in [-0.4, -0.2) is 20.7 Å². The van der Waals surface area contributed by atoms with Crippen molar-refractivity contribution in [1.82, 2.24) is 14.4 Å². The molecule has 132 valence electrons. The van der Waals surface area contributed by atoms with Crippen molar-refractivity contribution in [2.75, 3.05) is 5.73 Å². The highest BCUT2D eigenvalue weighted by Crippen LogP contribution is 2.32. The van der Waals surface area contributed by atoms with Gasteiger partial charge in [-0.25, -0.2) is 9.97 Å². The van der Waals surface area contributed by atoms with E-state index in [2.05, 4.69) is 14.7 Å². The topological polar surface area (TPSA) is 65.4 Å². The van der Waals surface area contributed by atoms with E-state index in [4.69, 9.17) is 5.73 Å². The second-order valence-corrected chi connectivity index (χ2v) is 5.76. The van der Waals surface area contributed by atoms with Crippen molar-refractivity contribution in [2.45, 2.75) is 12.8 Å². The Morgan fingerprint density at radius 1 is 1.00 bits per heavy atom. The van der Waals surface area contributed by atoms with Gasteiger partial charge in [0.05, 0.1) is 5.69 Å². The van der Waals surface area contributed by atoms with Gasteiger partial charge in [0.1, 0.15) is 11.2 Å². The summed E-state index contributed by atoms with van der Waals surface area (Å²) >= 11 is 0. The first-order valence-corrected chi connectivity index (χ1v) is 7.76. The largest absolute Gasteiger partial charge is 0.573 e. The van der Waals surface area contributed by atoms with Gasteiger partial charge >= 0.3 is 6.36 Å². The predicted molar refractivity (Wildman–Crippen MR) is 90.8 cm³/mol.